The predicted octanol–water partition coefficient (Wildman–Crippen LogP) is 5.06. The van der Waals surface area contributed by atoms with Crippen LogP contribution >= 0.6 is 15.9 Å². The molecule has 17 heavy (non-hydrogen) atoms. The summed E-state index contributed by atoms with van der Waals surface area (Å²) in [5.74, 6) is 0.960. The number of benzene rings is 1. The van der Waals surface area contributed by atoms with E-state index in [1.165, 1.54) is 47.0 Å². The second-order valence-corrected chi connectivity index (χ2v) is 6.37. The van der Waals surface area contributed by atoms with Crippen molar-refractivity contribution >= 4 is 21.6 Å². The Hall–Kier alpha value is -0.500. The number of halogens is 1. The van der Waals surface area contributed by atoms with Crippen molar-refractivity contribution < 1.29 is 0 Å². The summed E-state index contributed by atoms with van der Waals surface area (Å²) >= 11 is 3.66. The standard InChI is InChI=1S/C15H22BrN/c1-10-7-11(2)15(14(16)8-10)17-12(3)9-13-5-4-6-13/h7-8,12-13,17H,4-6,9H2,1-3H3. The monoisotopic (exact) mass is 295 g/mol. The molecule has 1 atom stereocenters. The Balaban J connectivity index is 2.01. The van der Waals surface area contributed by atoms with Crippen LogP contribution in [0.5, 0.6) is 0 Å². The molecule has 0 aromatic heterocycles. The number of aryl methyl sites for hydroxylation is 2. The summed E-state index contributed by atoms with van der Waals surface area (Å²) in [4.78, 5) is 0. The molecule has 1 fully saturated rings. The van der Waals surface area contributed by atoms with Crippen molar-refractivity contribution in [2.75, 3.05) is 5.32 Å². The van der Waals surface area contributed by atoms with Crippen LogP contribution in [0.1, 0.15) is 43.7 Å². The molecule has 0 spiro atoms. The molecule has 1 saturated carbocycles. The van der Waals surface area contributed by atoms with Gasteiger partial charge in [-0.2, -0.15) is 0 Å². The average Bonchev–Trinajstić information content (AvgIpc) is 2.17. The summed E-state index contributed by atoms with van der Waals surface area (Å²) in [5.41, 5.74) is 3.91. The minimum absolute atomic E-state index is 0.568. The summed E-state index contributed by atoms with van der Waals surface area (Å²) in [7, 11) is 0. The van der Waals surface area contributed by atoms with Crippen molar-refractivity contribution in [3.63, 3.8) is 0 Å². The average molecular weight is 296 g/mol. The molecule has 0 saturated heterocycles. The van der Waals surface area contributed by atoms with Gasteiger partial charge in [-0.05, 0) is 66.2 Å². The van der Waals surface area contributed by atoms with Crippen LogP contribution in [-0.4, -0.2) is 6.04 Å². The lowest BCUT2D eigenvalue weighted by atomic mass is 9.81. The first kappa shape index (κ1) is 12.9. The Bertz CT molecular complexity index is 373. The summed E-state index contributed by atoms with van der Waals surface area (Å²) in [6.07, 6.45) is 5.60. The Morgan fingerprint density at radius 2 is 2.06 bits per heavy atom. The molecule has 2 rings (SSSR count). The van der Waals surface area contributed by atoms with Gasteiger partial charge < -0.3 is 5.32 Å². The van der Waals surface area contributed by atoms with Crippen molar-refractivity contribution in [2.24, 2.45) is 5.92 Å². The van der Waals surface area contributed by atoms with Gasteiger partial charge in [0.05, 0.1) is 5.69 Å². The Labute approximate surface area is 113 Å². The van der Waals surface area contributed by atoms with Crippen LogP contribution in [0, 0.1) is 19.8 Å². The van der Waals surface area contributed by atoms with Crippen LogP contribution in [0.3, 0.4) is 0 Å². The van der Waals surface area contributed by atoms with Crippen molar-refractivity contribution in [2.45, 2.75) is 52.5 Å². The minimum Gasteiger partial charge on any atom is -0.381 e. The van der Waals surface area contributed by atoms with Crippen LogP contribution in [0.2, 0.25) is 0 Å². The van der Waals surface area contributed by atoms with Crippen LogP contribution in [0.25, 0.3) is 0 Å². The first-order valence-electron chi connectivity index (χ1n) is 6.59. The number of anilines is 1. The first-order valence-corrected chi connectivity index (χ1v) is 7.39. The molecule has 94 valence electrons. The molecule has 0 aliphatic heterocycles. The van der Waals surface area contributed by atoms with Crippen LogP contribution in [0.15, 0.2) is 16.6 Å². The zero-order valence-electron chi connectivity index (χ0n) is 11.0. The maximum absolute atomic E-state index is 3.66. The van der Waals surface area contributed by atoms with E-state index < -0.39 is 0 Å². The second kappa shape index (κ2) is 5.43. The van der Waals surface area contributed by atoms with Gasteiger partial charge in [0.2, 0.25) is 0 Å². The molecule has 1 aliphatic carbocycles. The van der Waals surface area contributed by atoms with E-state index in [0.717, 1.165) is 5.92 Å². The minimum atomic E-state index is 0.568. The first-order chi connectivity index (χ1) is 8.06. The fourth-order valence-electron chi connectivity index (χ4n) is 2.63. The van der Waals surface area contributed by atoms with Crippen molar-refractivity contribution in [3.05, 3.63) is 27.7 Å². The highest BCUT2D eigenvalue weighted by atomic mass is 79.9. The highest BCUT2D eigenvalue weighted by molar-refractivity contribution is 9.10. The quantitative estimate of drug-likeness (QED) is 0.819. The third-order valence-electron chi connectivity index (χ3n) is 3.73. The second-order valence-electron chi connectivity index (χ2n) is 5.52. The molecule has 0 amide bonds. The molecule has 1 unspecified atom stereocenters. The van der Waals surface area contributed by atoms with E-state index in [1.54, 1.807) is 0 Å². The van der Waals surface area contributed by atoms with Crippen molar-refractivity contribution in [1.82, 2.24) is 0 Å². The van der Waals surface area contributed by atoms with Gasteiger partial charge in [0.15, 0.2) is 0 Å². The highest BCUT2D eigenvalue weighted by Gasteiger charge is 2.20. The highest BCUT2D eigenvalue weighted by Crippen LogP contribution is 2.33. The Kier molecular flexibility index (Phi) is 4.13. The SMILES string of the molecule is Cc1cc(C)c(NC(C)CC2CCC2)c(Br)c1. The molecular formula is C15H22BrN. The normalized spacial score (nSPS) is 17.6. The van der Waals surface area contributed by atoms with Gasteiger partial charge in [0.1, 0.15) is 0 Å². The molecule has 2 heteroatoms. The summed E-state index contributed by atoms with van der Waals surface area (Å²) in [6, 6.07) is 4.99. The topological polar surface area (TPSA) is 12.0 Å². The van der Waals surface area contributed by atoms with E-state index in [9.17, 15) is 0 Å². The fraction of sp³-hybridized carbons (Fsp3) is 0.600. The molecule has 1 aliphatic rings. The van der Waals surface area contributed by atoms with Gasteiger partial charge >= 0.3 is 0 Å². The number of rotatable bonds is 4. The smallest absolute Gasteiger partial charge is 0.0516 e. The van der Waals surface area contributed by atoms with Crippen LogP contribution in [0.4, 0.5) is 5.69 Å². The fourth-order valence-corrected chi connectivity index (χ4v) is 3.42. The lowest BCUT2D eigenvalue weighted by Crippen LogP contribution is -2.23. The molecule has 1 N–H and O–H groups in total. The molecule has 1 nitrogen and oxygen atoms in total. The van der Waals surface area contributed by atoms with E-state index in [1.807, 2.05) is 0 Å². The molecule has 1 aromatic rings. The largest absolute Gasteiger partial charge is 0.381 e. The van der Waals surface area contributed by atoms with Gasteiger partial charge in [0.25, 0.3) is 0 Å². The van der Waals surface area contributed by atoms with Crippen molar-refractivity contribution in [3.8, 4) is 0 Å². The van der Waals surface area contributed by atoms with Gasteiger partial charge in [-0.3, -0.25) is 0 Å². The van der Waals surface area contributed by atoms with E-state index in [2.05, 4.69) is 54.2 Å². The lowest BCUT2D eigenvalue weighted by molar-refractivity contribution is 0.286. The van der Waals surface area contributed by atoms with E-state index in [4.69, 9.17) is 0 Å². The molecule has 0 heterocycles. The van der Waals surface area contributed by atoms with E-state index in [-0.39, 0.29) is 0 Å². The molecule has 0 bridgehead atoms. The maximum Gasteiger partial charge on any atom is 0.0516 e. The zero-order chi connectivity index (χ0) is 12.4. The Morgan fingerprint density at radius 1 is 1.35 bits per heavy atom. The number of nitrogens with one attached hydrogen (secondary N) is 1. The summed E-state index contributed by atoms with van der Waals surface area (Å²) in [6.45, 7) is 6.61. The predicted molar refractivity (Wildman–Crippen MR) is 78.7 cm³/mol. The maximum atomic E-state index is 3.66. The third kappa shape index (κ3) is 3.25. The van der Waals surface area contributed by atoms with Crippen LogP contribution < -0.4 is 5.32 Å². The summed E-state index contributed by atoms with van der Waals surface area (Å²) in [5, 5.41) is 3.66. The third-order valence-corrected chi connectivity index (χ3v) is 4.36. The zero-order valence-corrected chi connectivity index (χ0v) is 12.6. The van der Waals surface area contributed by atoms with Gasteiger partial charge in [0, 0.05) is 10.5 Å². The van der Waals surface area contributed by atoms with Gasteiger partial charge in [-0.1, -0.05) is 25.3 Å². The van der Waals surface area contributed by atoms with Gasteiger partial charge in [-0.25, -0.2) is 0 Å². The summed E-state index contributed by atoms with van der Waals surface area (Å²) < 4.78 is 1.19. The lowest BCUT2D eigenvalue weighted by Gasteiger charge is -2.29. The molecule has 0 radical (unpaired) electrons. The van der Waals surface area contributed by atoms with Gasteiger partial charge in [-0.15, -0.1) is 0 Å². The number of hydrogen-bond donors (Lipinski definition) is 1. The number of hydrogen-bond acceptors (Lipinski definition) is 1. The van der Waals surface area contributed by atoms with Crippen molar-refractivity contribution in [1.29, 1.82) is 0 Å². The van der Waals surface area contributed by atoms with Crippen LogP contribution in [-0.2, 0) is 0 Å². The van der Waals surface area contributed by atoms with E-state index in [0.29, 0.717) is 6.04 Å². The molecule has 1 aromatic carbocycles. The molecular weight excluding hydrogens is 274 g/mol. The van der Waals surface area contributed by atoms with E-state index >= 15 is 0 Å². The Morgan fingerprint density at radius 3 is 2.59 bits per heavy atom.